The first-order valence-electron chi connectivity index (χ1n) is 6.54. The fourth-order valence-electron chi connectivity index (χ4n) is 1.85. The molecule has 1 aromatic heterocycles. The summed E-state index contributed by atoms with van der Waals surface area (Å²) in [4.78, 5) is 20.1. The number of hydrogen-bond acceptors (Lipinski definition) is 4. The summed E-state index contributed by atoms with van der Waals surface area (Å²) >= 11 is 0. The molecule has 0 saturated heterocycles. The molecule has 1 amide bonds. The summed E-state index contributed by atoms with van der Waals surface area (Å²) in [6, 6.07) is 7.22. The Kier molecular flexibility index (Phi) is 5.02. The van der Waals surface area contributed by atoms with Crippen LogP contribution in [-0.2, 0) is 6.54 Å². The summed E-state index contributed by atoms with van der Waals surface area (Å²) < 4.78 is 0. The van der Waals surface area contributed by atoms with Crippen molar-refractivity contribution in [1.82, 2.24) is 15.3 Å². The lowest BCUT2D eigenvalue weighted by atomic mass is 10.0. The van der Waals surface area contributed by atoms with Crippen LogP contribution in [0.5, 0.6) is 0 Å². The van der Waals surface area contributed by atoms with Gasteiger partial charge in [-0.2, -0.15) is 0 Å². The Morgan fingerprint density at radius 2 is 2.24 bits per heavy atom. The average Bonchev–Trinajstić information content (AvgIpc) is 2.52. The second-order valence-electron chi connectivity index (χ2n) is 4.37. The third-order valence-electron chi connectivity index (χ3n) is 2.98. The Bertz CT molecular complexity index is 686. The van der Waals surface area contributed by atoms with Crippen LogP contribution < -0.4 is 11.1 Å². The van der Waals surface area contributed by atoms with Gasteiger partial charge in [-0.15, -0.1) is 0 Å². The number of amides is 1. The molecule has 21 heavy (non-hydrogen) atoms. The van der Waals surface area contributed by atoms with Crippen molar-refractivity contribution >= 4 is 5.91 Å². The van der Waals surface area contributed by atoms with Crippen LogP contribution in [0.2, 0.25) is 0 Å². The highest BCUT2D eigenvalue weighted by Gasteiger charge is 2.10. The fourth-order valence-corrected chi connectivity index (χ4v) is 1.85. The summed E-state index contributed by atoms with van der Waals surface area (Å²) in [5, 5.41) is 2.84. The van der Waals surface area contributed by atoms with Gasteiger partial charge in [0.15, 0.2) is 0 Å². The van der Waals surface area contributed by atoms with Crippen LogP contribution in [0.1, 0.15) is 27.2 Å². The van der Waals surface area contributed by atoms with Crippen molar-refractivity contribution in [3.8, 4) is 11.8 Å². The lowest BCUT2D eigenvalue weighted by Gasteiger charge is -2.08. The predicted octanol–water partition coefficient (Wildman–Crippen LogP) is 1.03. The zero-order valence-electron chi connectivity index (χ0n) is 11.8. The molecule has 2 aromatic rings. The number of carbonyl (C=O) groups is 1. The van der Waals surface area contributed by atoms with Gasteiger partial charge in [-0.05, 0) is 30.7 Å². The van der Waals surface area contributed by atoms with Gasteiger partial charge in [-0.3, -0.25) is 4.79 Å². The molecule has 3 N–H and O–H groups in total. The third-order valence-corrected chi connectivity index (χ3v) is 2.98. The number of benzene rings is 1. The van der Waals surface area contributed by atoms with Gasteiger partial charge in [0.25, 0.3) is 5.91 Å². The maximum atomic E-state index is 12.2. The van der Waals surface area contributed by atoms with Crippen molar-refractivity contribution in [2.75, 3.05) is 6.54 Å². The lowest BCUT2D eigenvalue weighted by Crippen LogP contribution is -2.24. The van der Waals surface area contributed by atoms with Gasteiger partial charge >= 0.3 is 0 Å². The highest BCUT2D eigenvalue weighted by Crippen LogP contribution is 2.13. The van der Waals surface area contributed by atoms with E-state index in [1.165, 1.54) is 6.33 Å². The molecule has 106 valence electrons. The second kappa shape index (κ2) is 7.17. The van der Waals surface area contributed by atoms with Crippen molar-refractivity contribution in [3.05, 3.63) is 59.2 Å². The Hall–Kier alpha value is -2.71. The summed E-state index contributed by atoms with van der Waals surface area (Å²) in [5.74, 6) is 5.61. The van der Waals surface area contributed by atoms with Gasteiger partial charge in [-0.1, -0.05) is 17.9 Å². The summed E-state index contributed by atoms with van der Waals surface area (Å²) in [6.07, 6.45) is 3.10. The van der Waals surface area contributed by atoms with E-state index in [-0.39, 0.29) is 5.91 Å². The topological polar surface area (TPSA) is 80.9 Å². The first-order valence-corrected chi connectivity index (χ1v) is 6.54. The molecule has 0 saturated carbocycles. The zero-order valence-corrected chi connectivity index (χ0v) is 11.8. The number of hydrogen-bond donors (Lipinski definition) is 2. The van der Waals surface area contributed by atoms with Crippen LogP contribution >= 0.6 is 0 Å². The van der Waals surface area contributed by atoms with E-state index in [9.17, 15) is 4.79 Å². The molecule has 0 aliphatic carbocycles. The molecule has 0 bridgehead atoms. The molecule has 2 rings (SSSR count). The Morgan fingerprint density at radius 1 is 1.38 bits per heavy atom. The summed E-state index contributed by atoms with van der Waals surface area (Å²) in [5.41, 5.74) is 8.40. The molecular formula is C16H16N4O. The largest absolute Gasteiger partial charge is 0.346 e. The molecular weight excluding hydrogens is 264 g/mol. The number of nitrogens with two attached hydrogens (primary N) is 1. The lowest BCUT2D eigenvalue weighted by molar-refractivity contribution is 0.0949. The monoisotopic (exact) mass is 280 g/mol. The minimum absolute atomic E-state index is 0.150. The van der Waals surface area contributed by atoms with E-state index in [0.29, 0.717) is 18.7 Å². The number of carbonyl (C=O) groups excluding carboxylic acids is 1. The van der Waals surface area contributed by atoms with Crippen molar-refractivity contribution in [2.45, 2.75) is 13.5 Å². The van der Waals surface area contributed by atoms with Crippen LogP contribution in [0.4, 0.5) is 0 Å². The van der Waals surface area contributed by atoms with Gasteiger partial charge in [0.05, 0.1) is 18.8 Å². The summed E-state index contributed by atoms with van der Waals surface area (Å²) in [6.45, 7) is 2.53. The van der Waals surface area contributed by atoms with E-state index in [4.69, 9.17) is 5.73 Å². The van der Waals surface area contributed by atoms with Crippen LogP contribution in [0.15, 0.2) is 36.8 Å². The van der Waals surface area contributed by atoms with Crippen molar-refractivity contribution in [2.24, 2.45) is 5.73 Å². The maximum Gasteiger partial charge on any atom is 0.251 e. The highest BCUT2D eigenvalue weighted by molar-refractivity contribution is 5.96. The molecule has 0 atom stereocenters. The highest BCUT2D eigenvalue weighted by atomic mass is 16.1. The quantitative estimate of drug-likeness (QED) is 0.823. The van der Waals surface area contributed by atoms with E-state index in [1.807, 2.05) is 19.1 Å². The van der Waals surface area contributed by atoms with Gasteiger partial charge in [0.1, 0.15) is 6.33 Å². The van der Waals surface area contributed by atoms with Crippen molar-refractivity contribution in [3.63, 3.8) is 0 Å². The van der Waals surface area contributed by atoms with E-state index >= 15 is 0 Å². The molecule has 5 heteroatoms. The molecule has 0 aliphatic heterocycles. The molecule has 0 fully saturated rings. The number of rotatable bonds is 3. The average molecular weight is 280 g/mol. The van der Waals surface area contributed by atoms with E-state index in [0.717, 1.165) is 16.8 Å². The number of nitrogens with one attached hydrogen (secondary N) is 1. The van der Waals surface area contributed by atoms with Crippen molar-refractivity contribution < 1.29 is 4.79 Å². The molecule has 5 nitrogen and oxygen atoms in total. The van der Waals surface area contributed by atoms with Gasteiger partial charge in [0, 0.05) is 17.3 Å². The van der Waals surface area contributed by atoms with E-state index < -0.39 is 0 Å². The van der Waals surface area contributed by atoms with E-state index in [1.54, 1.807) is 18.3 Å². The molecule has 1 aromatic carbocycles. The van der Waals surface area contributed by atoms with Crippen LogP contribution in [0.25, 0.3) is 0 Å². The van der Waals surface area contributed by atoms with Gasteiger partial charge < -0.3 is 11.1 Å². The Balaban J connectivity index is 2.12. The second-order valence-corrected chi connectivity index (χ2v) is 4.37. The Labute approximate surface area is 123 Å². The first-order chi connectivity index (χ1) is 10.2. The zero-order chi connectivity index (χ0) is 15.1. The Morgan fingerprint density at radius 3 is 2.95 bits per heavy atom. The minimum Gasteiger partial charge on any atom is -0.346 e. The fraction of sp³-hybridized carbons (Fsp3) is 0.188. The van der Waals surface area contributed by atoms with Crippen LogP contribution in [0.3, 0.4) is 0 Å². The molecule has 0 aliphatic rings. The van der Waals surface area contributed by atoms with Gasteiger partial charge in [0.2, 0.25) is 0 Å². The van der Waals surface area contributed by atoms with Crippen molar-refractivity contribution in [1.29, 1.82) is 0 Å². The first kappa shape index (κ1) is 14.7. The van der Waals surface area contributed by atoms with Crippen LogP contribution in [0, 0.1) is 18.8 Å². The number of aromatic nitrogens is 2. The van der Waals surface area contributed by atoms with E-state index in [2.05, 4.69) is 27.1 Å². The molecule has 0 radical (unpaired) electrons. The molecule has 0 unspecified atom stereocenters. The standard InChI is InChI=1S/C16H16N4O/c1-12-13(5-3-8-17)4-2-6-15(12)16(21)19-10-14-7-9-18-11-20-14/h2,4,6-7,9,11H,8,10,17H2,1H3,(H,19,21). The number of nitrogens with zero attached hydrogens (tertiary/aromatic N) is 2. The maximum absolute atomic E-state index is 12.2. The molecule has 1 heterocycles. The smallest absolute Gasteiger partial charge is 0.251 e. The normalized spacial score (nSPS) is 9.62. The summed E-state index contributed by atoms with van der Waals surface area (Å²) in [7, 11) is 0. The SMILES string of the molecule is Cc1c(C#CCN)cccc1C(=O)NCc1ccncn1. The van der Waals surface area contributed by atoms with Crippen LogP contribution in [-0.4, -0.2) is 22.4 Å². The predicted molar refractivity (Wildman–Crippen MR) is 80.3 cm³/mol. The molecule has 0 spiro atoms. The minimum atomic E-state index is -0.150. The van der Waals surface area contributed by atoms with Gasteiger partial charge in [-0.25, -0.2) is 9.97 Å². The third kappa shape index (κ3) is 3.88.